The van der Waals surface area contributed by atoms with Crippen molar-refractivity contribution in [1.82, 2.24) is 0 Å². The highest BCUT2D eigenvalue weighted by Crippen LogP contribution is 2.41. The number of aliphatic carboxylic acids is 1. The zero-order valence-corrected chi connectivity index (χ0v) is 13.7. The van der Waals surface area contributed by atoms with E-state index in [9.17, 15) is 4.79 Å². The van der Waals surface area contributed by atoms with Crippen molar-refractivity contribution in [3.8, 4) is 5.75 Å². The number of ether oxygens (including phenoxy) is 1. The normalized spacial score (nSPS) is 11.7. The number of methoxy groups -OCH3 is 1. The van der Waals surface area contributed by atoms with Gasteiger partial charge in [-0.2, -0.15) is 0 Å². The number of benzene rings is 1. The second kappa shape index (κ2) is 5.95. The summed E-state index contributed by atoms with van der Waals surface area (Å²) in [6, 6.07) is 4.08. The zero-order chi connectivity index (χ0) is 14.8. The van der Waals surface area contributed by atoms with E-state index in [1.165, 1.54) is 5.56 Å². The van der Waals surface area contributed by atoms with Crippen LogP contribution in [0.3, 0.4) is 0 Å². The van der Waals surface area contributed by atoms with Gasteiger partial charge in [-0.05, 0) is 33.5 Å². The van der Waals surface area contributed by atoms with E-state index in [0.717, 1.165) is 15.8 Å². The standard InChI is InChI=1S/C15H21BrO3/c1-9(2)10-6-11(14(19-5)12(16)7-10)15(3,4)8-13(17)18/h6-7,9H,8H2,1-5H3,(H,17,18). The minimum absolute atomic E-state index is 0.0668. The van der Waals surface area contributed by atoms with Crippen molar-refractivity contribution >= 4 is 21.9 Å². The van der Waals surface area contributed by atoms with E-state index in [-0.39, 0.29) is 6.42 Å². The highest BCUT2D eigenvalue weighted by Gasteiger charge is 2.29. The summed E-state index contributed by atoms with van der Waals surface area (Å²) >= 11 is 3.51. The van der Waals surface area contributed by atoms with E-state index in [2.05, 4.69) is 35.8 Å². The summed E-state index contributed by atoms with van der Waals surface area (Å²) in [5, 5.41) is 9.07. The number of rotatable bonds is 5. The van der Waals surface area contributed by atoms with Crippen LogP contribution in [0.15, 0.2) is 16.6 Å². The number of carboxylic acid groups (broad SMARTS) is 1. The van der Waals surface area contributed by atoms with Gasteiger partial charge in [0.05, 0.1) is 18.0 Å². The fraction of sp³-hybridized carbons (Fsp3) is 0.533. The van der Waals surface area contributed by atoms with Crippen molar-refractivity contribution in [2.24, 2.45) is 0 Å². The molecule has 0 heterocycles. The largest absolute Gasteiger partial charge is 0.495 e. The molecule has 0 radical (unpaired) electrons. The maximum Gasteiger partial charge on any atom is 0.304 e. The molecule has 0 atom stereocenters. The molecule has 0 spiro atoms. The molecule has 0 aliphatic rings. The van der Waals surface area contributed by atoms with Crippen molar-refractivity contribution in [2.45, 2.75) is 45.4 Å². The molecule has 0 saturated carbocycles. The lowest BCUT2D eigenvalue weighted by Gasteiger charge is -2.27. The van der Waals surface area contributed by atoms with Crippen LogP contribution in [-0.2, 0) is 10.2 Å². The quantitative estimate of drug-likeness (QED) is 0.874. The van der Waals surface area contributed by atoms with Gasteiger partial charge in [-0.3, -0.25) is 4.79 Å². The van der Waals surface area contributed by atoms with Crippen molar-refractivity contribution < 1.29 is 14.6 Å². The number of carbonyl (C=O) groups is 1. The summed E-state index contributed by atoms with van der Waals surface area (Å²) in [6.07, 6.45) is 0.0668. The predicted octanol–water partition coefficient (Wildman–Crippen LogP) is 4.33. The molecule has 0 aliphatic carbocycles. The molecule has 0 amide bonds. The van der Waals surface area contributed by atoms with Crippen molar-refractivity contribution in [3.63, 3.8) is 0 Å². The summed E-state index contributed by atoms with van der Waals surface area (Å²) in [5.41, 5.74) is 1.61. The van der Waals surface area contributed by atoms with Crippen LogP contribution in [0.2, 0.25) is 0 Å². The van der Waals surface area contributed by atoms with Gasteiger partial charge in [-0.1, -0.05) is 33.8 Å². The Hall–Kier alpha value is -1.03. The number of carboxylic acids is 1. The molecule has 1 rings (SSSR count). The summed E-state index contributed by atoms with van der Waals surface area (Å²) in [6.45, 7) is 8.08. The summed E-state index contributed by atoms with van der Waals surface area (Å²) in [4.78, 5) is 11.0. The van der Waals surface area contributed by atoms with Crippen LogP contribution < -0.4 is 4.74 Å². The van der Waals surface area contributed by atoms with Crippen molar-refractivity contribution in [1.29, 1.82) is 0 Å². The average Bonchev–Trinajstić information content (AvgIpc) is 2.25. The topological polar surface area (TPSA) is 46.5 Å². The van der Waals surface area contributed by atoms with E-state index in [4.69, 9.17) is 9.84 Å². The molecule has 1 aromatic carbocycles. The highest BCUT2D eigenvalue weighted by atomic mass is 79.9. The summed E-state index contributed by atoms with van der Waals surface area (Å²) in [7, 11) is 1.61. The molecule has 0 unspecified atom stereocenters. The van der Waals surface area contributed by atoms with Gasteiger partial charge in [0.15, 0.2) is 0 Å². The third-order valence-corrected chi connectivity index (χ3v) is 3.85. The van der Waals surface area contributed by atoms with Crippen LogP contribution in [0.4, 0.5) is 0 Å². The SMILES string of the molecule is COc1c(Br)cc(C(C)C)cc1C(C)(C)CC(=O)O. The molecule has 0 saturated heterocycles. The second-order valence-corrected chi connectivity index (χ2v) is 6.55. The van der Waals surface area contributed by atoms with Crippen LogP contribution in [0, 0.1) is 0 Å². The van der Waals surface area contributed by atoms with Crippen LogP contribution in [-0.4, -0.2) is 18.2 Å². The maximum absolute atomic E-state index is 11.0. The molecule has 0 fully saturated rings. The molecule has 1 N–H and O–H groups in total. The molecule has 4 heteroatoms. The Morgan fingerprint density at radius 3 is 2.42 bits per heavy atom. The number of hydrogen-bond donors (Lipinski definition) is 1. The molecule has 0 aliphatic heterocycles. The lowest BCUT2D eigenvalue weighted by Crippen LogP contribution is -2.23. The molecular formula is C15H21BrO3. The molecule has 106 valence electrons. The van der Waals surface area contributed by atoms with Crippen molar-refractivity contribution in [2.75, 3.05) is 7.11 Å². The van der Waals surface area contributed by atoms with Crippen LogP contribution >= 0.6 is 15.9 Å². The summed E-state index contributed by atoms with van der Waals surface area (Å²) < 4.78 is 6.31. The second-order valence-electron chi connectivity index (χ2n) is 5.69. The molecule has 19 heavy (non-hydrogen) atoms. The Kier molecular flexibility index (Phi) is 5.02. The third kappa shape index (κ3) is 3.72. The lowest BCUT2D eigenvalue weighted by atomic mass is 9.79. The predicted molar refractivity (Wildman–Crippen MR) is 80.1 cm³/mol. The average molecular weight is 329 g/mol. The smallest absolute Gasteiger partial charge is 0.304 e. The highest BCUT2D eigenvalue weighted by molar-refractivity contribution is 9.10. The molecule has 0 aromatic heterocycles. The van der Waals surface area contributed by atoms with Gasteiger partial charge in [-0.15, -0.1) is 0 Å². The first-order chi connectivity index (χ1) is 8.69. The monoisotopic (exact) mass is 328 g/mol. The maximum atomic E-state index is 11.0. The van der Waals surface area contributed by atoms with Gasteiger partial charge in [-0.25, -0.2) is 0 Å². The van der Waals surface area contributed by atoms with E-state index in [1.807, 2.05) is 19.9 Å². The Balaban J connectivity index is 3.42. The van der Waals surface area contributed by atoms with Gasteiger partial charge < -0.3 is 9.84 Å². The van der Waals surface area contributed by atoms with Crippen LogP contribution in [0.5, 0.6) is 5.75 Å². The van der Waals surface area contributed by atoms with Gasteiger partial charge in [0.1, 0.15) is 5.75 Å². The van der Waals surface area contributed by atoms with Crippen LogP contribution in [0.25, 0.3) is 0 Å². The van der Waals surface area contributed by atoms with E-state index in [1.54, 1.807) is 7.11 Å². The van der Waals surface area contributed by atoms with Gasteiger partial charge in [0, 0.05) is 11.0 Å². The molecular weight excluding hydrogens is 308 g/mol. The van der Waals surface area contributed by atoms with Gasteiger partial charge >= 0.3 is 5.97 Å². The van der Waals surface area contributed by atoms with Crippen molar-refractivity contribution in [3.05, 3.63) is 27.7 Å². The first-order valence-electron chi connectivity index (χ1n) is 6.28. The Bertz CT molecular complexity index is 479. The molecule has 1 aromatic rings. The molecule has 3 nitrogen and oxygen atoms in total. The first kappa shape index (κ1) is 16.0. The van der Waals surface area contributed by atoms with E-state index in [0.29, 0.717) is 5.92 Å². The van der Waals surface area contributed by atoms with Crippen LogP contribution in [0.1, 0.15) is 51.2 Å². The third-order valence-electron chi connectivity index (χ3n) is 3.26. The van der Waals surface area contributed by atoms with E-state index < -0.39 is 11.4 Å². The Labute approximate surface area is 123 Å². The Morgan fingerprint density at radius 2 is 2.00 bits per heavy atom. The molecule has 0 bridgehead atoms. The number of halogens is 1. The van der Waals surface area contributed by atoms with Gasteiger partial charge in [0.25, 0.3) is 0 Å². The fourth-order valence-corrected chi connectivity index (χ4v) is 2.77. The van der Waals surface area contributed by atoms with E-state index >= 15 is 0 Å². The summed E-state index contributed by atoms with van der Waals surface area (Å²) in [5.74, 6) is 0.287. The Morgan fingerprint density at radius 1 is 1.42 bits per heavy atom. The minimum Gasteiger partial charge on any atom is -0.495 e. The lowest BCUT2D eigenvalue weighted by molar-refractivity contribution is -0.138. The zero-order valence-electron chi connectivity index (χ0n) is 12.1. The first-order valence-corrected chi connectivity index (χ1v) is 7.08. The van der Waals surface area contributed by atoms with Gasteiger partial charge in [0.2, 0.25) is 0 Å². The minimum atomic E-state index is -0.807. The fourth-order valence-electron chi connectivity index (χ4n) is 2.13. The number of hydrogen-bond acceptors (Lipinski definition) is 2.